The second-order valence-corrected chi connectivity index (χ2v) is 11.4. The molecule has 3 heterocycles. The number of benzene rings is 3. The maximum absolute atomic E-state index is 10.9. The highest BCUT2D eigenvalue weighted by atomic mass is 32.1. The highest BCUT2D eigenvalue weighted by Gasteiger charge is 2.25. The maximum atomic E-state index is 10.9. The van der Waals surface area contributed by atoms with Gasteiger partial charge in [0.2, 0.25) is 0 Å². The predicted octanol–water partition coefficient (Wildman–Crippen LogP) is 6.35. The number of carbonyl (C=O) groups is 2. The first-order chi connectivity index (χ1) is 21.1. The van der Waals surface area contributed by atoms with Crippen molar-refractivity contribution in [3.05, 3.63) is 88.3 Å². The Morgan fingerprint density at radius 2 is 1.41 bits per heavy atom. The van der Waals surface area contributed by atoms with E-state index >= 15 is 0 Å². The Bertz CT molecular complexity index is 1710. The number of piperazine rings is 1. The van der Waals surface area contributed by atoms with Gasteiger partial charge < -0.3 is 35.5 Å². The summed E-state index contributed by atoms with van der Waals surface area (Å²) in [5, 5.41) is 48.8. The second kappa shape index (κ2) is 12.9. The minimum absolute atomic E-state index is 0.167. The Morgan fingerprint density at radius 3 is 1.98 bits per heavy atom. The number of aliphatic imine (C=N–C) groups is 1. The van der Waals surface area contributed by atoms with Crippen LogP contribution in [0.5, 0.6) is 11.5 Å². The Labute approximate surface area is 256 Å². The topological polar surface area (TPSA) is 171 Å². The number of aromatic carboxylic acids is 2. The van der Waals surface area contributed by atoms with E-state index in [0.29, 0.717) is 0 Å². The summed E-state index contributed by atoms with van der Waals surface area (Å²) in [6, 6.07) is 17.8. The molecule has 1 aromatic heterocycles. The zero-order valence-electron chi connectivity index (χ0n) is 23.9. The lowest BCUT2D eigenvalue weighted by Gasteiger charge is -2.34. The number of fused-ring (bicyclic) bond motifs is 2. The molecular formula is C31H30N6O6S. The number of hydrogen-bond acceptors (Lipinski definition) is 11. The first-order valence-corrected chi connectivity index (χ1v) is 14.4. The number of likely N-dealkylation sites (N-methyl/N-ethyl adjacent to an activating group) is 1. The summed E-state index contributed by atoms with van der Waals surface area (Å²) in [5.74, 6) is -2.31. The number of para-hydroxylation sites is 2. The molecule has 6 rings (SSSR count). The number of phenols is 2. The Morgan fingerprint density at radius 1 is 0.841 bits per heavy atom. The third kappa shape index (κ3) is 6.85. The molecule has 44 heavy (non-hydrogen) atoms. The molecule has 0 bridgehead atoms. The smallest absolute Gasteiger partial charge is 0.339 e. The van der Waals surface area contributed by atoms with E-state index < -0.39 is 23.4 Å². The van der Waals surface area contributed by atoms with E-state index in [0.717, 1.165) is 67.7 Å². The number of anilines is 2. The predicted molar refractivity (Wildman–Crippen MR) is 168 cm³/mol. The van der Waals surface area contributed by atoms with E-state index in [1.165, 1.54) is 27.6 Å². The number of aromatic hydroxyl groups is 2. The molecule has 0 spiro atoms. The number of nitrogens with one attached hydrogen (secondary N) is 1. The molecule has 13 heteroatoms. The van der Waals surface area contributed by atoms with Gasteiger partial charge in [-0.25, -0.2) is 14.6 Å². The molecule has 1 saturated heterocycles. The van der Waals surface area contributed by atoms with Gasteiger partial charge in [0, 0.05) is 31.1 Å². The first-order valence-electron chi connectivity index (χ1n) is 13.6. The molecule has 5 N–H and O–H groups in total. The van der Waals surface area contributed by atoms with Crippen LogP contribution >= 0.6 is 11.3 Å². The monoisotopic (exact) mass is 614 g/mol. The number of carboxylic acid groups (broad SMARTS) is 2. The second-order valence-electron chi connectivity index (χ2n) is 10.2. The summed E-state index contributed by atoms with van der Waals surface area (Å²) in [6.45, 7) is 6.41. The number of nitrogens with zero attached hydrogens (tertiary/aromatic N) is 5. The van der Waals surface area contributed by atoms with E-state index in [1.807, 2.05) is 0 Å². The van der Waals surface area contributed by atoms with Crippen molar-refractivity contribution in [1.82, 2.24) is 9.80 Å². The van der Waals surface area contributed by atoms with Gasteiger partial charge in [-0.15, -0.1) is 11.3 Å². The standard InChI is InChI=1S/C17H20N4S.C14H10N2O6/c1-12-11-13-16(21-9-7-20(2)8-10-21)18-14-5-3-4-6-15(14)19-17(13)22-12;17-11-3-1-7(5-9(11)13(19)20)15-16-8-2-4-12(18)10(6-8)14(21)22/h3-6,11,19H,7-10H2,1-2H3;1-6,17-18H,(H,19,20)(H,21,22). The van der Waals surface area contributed by atoms with Gasteiger partial charge >= 0.3 is 11.9 Å². The van der Waals surface area contributed by atoms with E-state index in [4.69, 9.17) is 15.2 Å². The number of azo groups is 1. The molecule has 2 aliphatic rings. The molecule has 0 aliphatic carbocycles. The van der Waals surface area contributed by atoms with Crippen LogP contribution in [0.25, 0.3) is 0 Å². The van der Waals surface area contributed by atoms with Crippen molar-refractivity contribution >= 4 is 56.9 Å². The summed E-state index contributed by atoms with van der Waals surface area (Å²) >= 11 is 1.81. The Balaban J connectivity index is 0.000000175. The van der Waals surface area contributed by atoms with Crippen molar-refractivity contribution in [2.45, 2.75) is 6.92 Å². The largest absolute Gasteiger partial charge is 0.507 e. The first kappa shape index (κ1) is 30.2. The van der Waals surface area contributed by atoms with Crippen LogP contribution in [0, 0.1) is 6.92 Å². The van der Waals surface area contributed by atoms with Crippen LogP contribution in [0.15, 0.2) is 82.0 Å². The van der Waals surface area contributed by atoms with E-state index in [1.54, 1.807) is 11.3 Å². The van der Waals surface area contributed by atoms with Gasteiger partial charge in [0.05, 0.1) is 28.3 Å². The van der Waals surface area contributed by atoms with Crippen molar-refractivity contribution < 1.29 is 30.0 Å². The van der Waals surface area contributed by atoms with Crippen LogP contribution in [0.3, 0.4) is 0 Å². The molecule has 3 aromatic carbocycles. The molecular weight excluding hydrogens is 584 g/mol. The fourth-order valence-corrected chi connectivity index (χ4v) is 5.56. The normalized spacial score (nSPS) is 14.4. The van der Waals surface area contributed by atoms with Crippen LogP contribution in [0.1, 0.15) is 31.2 Å². The van der Waals surface area contributed by atoms with Gasteiger partial charge in [0.25, 0.3) is 0 Å². The summed E-state index contributed by atoms with van der Waals surface area (Å²) in [4.78, 5) is 32.9. The fourth-order valence-electron chi connectivity index (χ4n) is 4.64. The van der Waals surface area contributed by atoms with Crippen molar-refractivity contribution in [3.63, 3.8) is 0 Å². The van der Waals surface area contributed by atoms with Crippen LogP contribution in [-0.2, 0) is 0 Å². The zero-order valence-corrected chi connectivity index (χ0v) is 24.7. The molecule has 0 atom stereocenters. The van der Waals surface area contributed by atoms with Crippen molar-refractivity contribution in [2.24, 2.45) is 15.2 Å². The van der Waals surface area contributed by atoms with Crippen LogP contribution in [0.2, 0.25) is 0 Å². The fraction of sp³-hybridized carbons (Fsp3) is 0.194. The highest BCUT2D eigenvalue weighted by molar-refractivity contribution is 7.16. The number of amidine groups is 1. The number of carboxylic acids is 2. The van der Waals surface area contributed by atoms with E-state index in [2.05, 4.69) is 69.6 Å². The molecule has 2 aliphatic heterocycles. The summed E-state index contributed by atoms with van der Waals surface area (Å²) in [7, 11) is 2.18. The SMILES string of the molecule is Cc1cc2c(s1)Nc1ccccc1N=C2N1CCN(C)CC1.O=C(O)c1cc(N=Nc2ccc(O)c(C(=O)O)c2)ccc1O. The minimum Gasteiger partial charge on any atom is -0.507 e. The molecule has 0 amide bonds. The quantitative estimate of drug-likeness (QED) is 0.164. The average molecular weight is 615 g/mol. The number of rotatable bonds is 4. The molecule has 1 fully saturated rings. The van der Waals surface area contributed by atoms with Crippen molar-refractivity contribution in [2.75, 3.05) is 38.5 Å². The summed E-state index contributed by atoms with van der Waals surface area (Å²) in [5.41, 5.74) is 3.04. The number of hydrogen-bond donors (Lipinski definition) is 5. The molecule has 0 radical (unpaired) electrons. The van der Waals surface area contributed by atoms with E-state index in [-0.39, 0.29) is 22.5 Å². The third-order valence-electron chi connectivity index (χ3n) is 6.98. The number of aryl methyl sites for hydroxylation is 1. The zero-order chi connectivity index (χ0) is 31.4. The maximum Gasteiger partial charge on any atom is 0.339 e. The van der Waals surface area contributed by atoms with Crippen LogP contribution in [-0.4, -0.2) is 81.2 Å². The summed E-state index contributed by atoms with van der Waals surface area (Å²) in [6.07, 6.45) is 0. The lowest BCUT2D eigenvalue weighted by Crippen LogP contribution is -2.47. The average Bonchev–Trinajstić information content (AvgIpc) is 3.29. The lowest BCUT2D eigenvalue weighted by molar-refractivity contribution is 0.0682. The highest BCUT2D eigenvalue weighted by Crippen LogP contribution is 2.39. The van der Waals surface area contributed by atoms with Crippen molar-refractivity contribution in [3.8, 4) is 11.5 Å². The van der Waals surface area contributed by atoms with Gasteiger partial charge in [-0.2, -0.15) is 10.2 Å². The van der Waals surface area contributed by atoms with Crippen molar-refractivity contribution in [1.29, 1.82) is 0 Å². The van der Waals surface area contributed by atoms with Crippen LogP contribution < -0.4 is 5.32 Å². The third-order valence-corrected chi connectivity index (χ3v) is 7.95. The van der Waals surface area contributed by atoms with E-state index in [9.17, 15) is 19.8 Å². The summed E-state index contributed by atoms with van der Waals surface area (Å²) < 4.78 is 0. The molecule has 0 unspecified atom stereocenters. The minimum atomic E-state index is -1.31. The molecule has 0 saturated carbocycles. The van der Waals surface area contributed by atoms with Gasteiger partial charge in [-0.3, -0.25) is 0 Å². The van der Waals surface area contributed by atoms with Gasteiger partial charge in [0.1, 0.15) is 33.5 Å². The van der Waals surface area contributed by atoms with Gasteiger partial charge in [-0.1, -0.05) is 12.1 Å². The Hall–Kier alpha value is -5.27. The van der Waals surface area contributed by atoms with Gasteiger partial charge in [0.15, 0.2) is 0 Å². The number of thiophene rings is 1. The molecule has 226 valence electrons. The lowest BCUT2D eigenvalue weighted by atomic mass is 10.2. The molecule has 4 aromatic rings. The van der Waals surface area contributed by atoms with Gasteiger partial charge in [-0.05, 0) is 68.6 Å². The van der Waals surface area contributed by atoms with Crippen LogP contribution in [0.4, 0.5) is 27.8 Å². The Kier molecular flexibility index (Phi) is 8.88. The molecule has 12 nitrogen and oxygen atoms in total.